The third-order valence-corrected chi connectivity index (χ3v) is 0.813. The largest absolute Gasteiger partial charge is 0.484 e. The summed E-state index contributed by atoms with van der Waals surface area (Å²) in [6.07, 6.45) is -6.27. The molecule has 0 aromatic rings. The number of allylic oxidation sites excluding steroid dienone is 1. The van der Waals surface area contributed by atoms with E-state index in [-0.39, 0.29) is 0 Å². The Bertz CT molecular complexity index is 198. The van der Waals surface area contributed by atoms with Crippen molar-refractivity contribution in [2.75, 3.05) is 0 Å². The molecule has 0 aromatic carbocycles. The molecular formula is C4HF7O. The van der Waals surface area contributed by atoms with Gasteiger partial charge in [0, 0.05) is 0 Å². The lowest BCUT2D eigenvalue weighted by atomic mass is 10.3. The molecule has 12 heavy (non-hydrogen) atoms. The molecule has 0 unspecified atom stereocenters. The van der Waals surface area contributed by atoms with Gasteiger partial charge in [-0.1, -0.05) is 0 Å². The van der Waals surface area contributed by atoms with E-state index in [0.717, 1.165) is 0 Å². The molecule has 0 radical (unpaired) electrons. The summed E-state index contributed by atoms with van der Waals surface area (Å²) < 4.78 is 79.4. The van der Waals surface area contributed by atoms with E-state index in [2.05, 4.69) is 0 Å². The van der Waals surface area contributed by atoms with Crippen LogP contribution in [0, 0.1) is 0 Å². The standard InChI is InChI=1S/C4HF7O/c5-1(2(6)12)3(7,8)4(9,10)11/h12H. The number of rotatable bonds is 1. The van der Waals surface area contributed by atoms with Gasteiger partial charge in [-0.2, -0.15) is 30.7 Å². The number of aliphatic hydroxyl groups excluding tert-OH is 1. The maximum atomic E-state index is 11.6. The van der Waals surface area contributed by atoms with Crippen LogP contribution in [0.2, 0.25) is 0 Å². The zero-order chi connectivity index (χ0) is 10.2. The molecule has 0 aromatic heterocycles. The molecule has 1 N–H and O–H groups in total. The van der Waals surface area contributed by atoms with Crippen molar-refractivity contribution < 1.29 is 35.8 Å². The summed E-state index contributed by atoms with van der Waals surface area (Å²) in [5.41, 5.74) is 0. The molecule has 0 aliphatic heterocycles. The lowest BCUT2D eigenvalue weighted by Crippen LogP contribution is -2.37. The molecule has 0 bridgehead atoms. The average Bonchev–Trinajstić information content (AvgIpc) is 1.83. The van der Waals surface area contributed by atoms with Crippen LogP contribution < -0.4 is 0 Å². The Balaban J connectivity index is 5.01. The quantitative estimate of drug-likeness (QED) is 0.507. The smallest absolute Gasteiger partial charge is 0.460 e. The maximum Gasteiger partial charge on any atom is 0.460 e. The summed E-state index contributed by atoms with van der Waals surface area (Å²) in [5.74, 6) is -9.54. The van der Waals surface area contributed by atoms with Crippen molar-refractivity contribution >= 4 is 0 Å². The molecule has 0 saturated carbocycles. The highest BCUT2D eigenvalue weighted by molar-refractivity contribution is 5.07. The second-order valence-corrected chi connectivity index (χ2v) is 1.68. The van der Waals surface area contributed by atoms with Crippen molar-refractivity contribution in [2.24, 2.45) is 0 Å². The van der Waals surface area contributed by atoms with Gasteiger partial charge in [0.25, 0.3) is 5.83 Å². The monoisotopic (exact) mass is 198 g/mol. The van der Waals surface area contributed by atoms with Crippen molar-refractivity contribution in [3.05, 3.63) is 11.8 Å². The van der Waals surface area contributed by atoms with E-state index < -0.39 is 23.9 Å². The van der Waals surface area contributed by atoms with Crippen molar-refractivity contribution in [2.45, 2.75) is 12.1 Å². The van der Waals surface area contributed by atoms with E-state index >= 15 is 0 Å². The second kappa shape index (κ2) is 2.83. The minimum absolute atomic E-state index is 3.18. The molecule has 0 heterocycles. The van der Waals surface area contributed by atoms with Crippen LogP contribution >= 0.6 is 0 Å². The van der Waals surface area contributed by atoms with Gasteiger partial charge < -0.3 is 5.11 Å². The fourth-order valence-corrected chi connectivity index (χ4v) is 0.254. The third kappa shape index (κ3) is 1.80. The van der Waals surface area contributed by atoms with Crippen LogP contribution in [0.15, 0.2) is 11.8 Å². The summed E-state index contributed by atoms with van der Waals surface area (Å²) in [6, 6.07) is -3.18. The Morgan fingerprint density at radius 3 is 1.33 bits per heavy atom. The number of halogens is 7. The first-order valence-corrected chi connectivity index (χ1v) is 2.30. The Labute approximate surface area is 61.1 Å². The van der Waals surface area contributed by atoms with E-state index in [9.17, 15) is 30.7 Å². The summed E-state index contributed by atoms with van der Waals surface area (Å²) in [4.78, 5) is 0. The van der Waals surface area contributed by atoms with Gasteiger partial charge in [0.2, 0.25) is 0 Å². The molecular weight excluding hydrogens is 197 g/mol. The van der Waals surface area contributed by atoms with E-state index in [1.165, 1.54) is 0 Å². The maximum absolute atomic E-state index is 11.6. The van der Waals surface area contributed by atoms with Gasteiger partial charge in [-0.05, 0) is 0 Å². The highest BCUT2D eigenvalue weighted by atomic mass is 19.4. The number of alkyl halides is 5. The molecule has 0 saturated heterocycles. The van der Waals surface area contributed by atoms with Gasteiger partial charge >= 0.3 is 18.1 Å². The fourth-order valence-electron chi connectivity index (χ4n) is 0.254. The molecule has 0 spiro atoms. The normalized spacial score (nSPS) is 15.9. The van der Waals surface area contributed by atoms with Crippen molar-refractivity contribution in [1.82, 2.24) is 0 Å². The van der Waals surface area contributed by atoms with Crippen LogP contribution in [-0.2, 0) is 0 Å². The first-order valence-electron chi connectivity index (χ1n) is 2.30. The Morgan fingerprint density at radius 1 is 0.917 bits per heavy atom. The van der Waals surface area contributed by atoms with Crippen molar-refractivity contribution in [1.29, 1.82) is 0 Å². The SMILES string of the molecule is OC(F)=C(F)C(F)(F)C(F)(F)F. The van der Waals surface area contributed by atoms with E-state index in [4.69, 9.17) is 5.11 Å². The van der Waals surface area contributed by atoms with Gasteiger partial charge in [-0.3, -0.25) is 0 Å². The first-order chi connectivity index (χ1) is 5.10. The average molecular weight is 198 g/mol. The second-order valence-electron chi connectivity index (χ2n) is 1.68. The minimum Gasteiger partial charge on any atom is -0.484 e. The lowest BCUT2D eigenvalue weighted by molar-refractivity contribution is -0.272. The van der Waals surface area contributed by atoms with Gasteiger partial charge in [0.1, 0.15) is 0 Å². The number of aliphatic hydroxyl groups is 1. The summed E-state index contributed by atoms with van der Waals surface area (Å²) in [6.45, 7) is 0. The van der Waals surface area contributed by atoms with Crippen molar-refractivity contribution in [3.8, 4) is 0 Å². The van der Waals surface area contributed by atoms with Crippen LogP contribution in [-0.4, -0.2) is 17.2 Å². The first kappa shape index (κ1) is 11.0. The minimum atomic E-state index is -6.27. The molecule has 0 aliphatic rings. The van der Waals surface area contributed by atoms with Crippen molar-refractivity contribution in [3.63, 3.8) is 0 Å². The van der Waals surface area contributed by atoms with Crippen LogP contribution in [0.3, 0.4) is 0 Å². The fraction of sp³-hybridized carbons (Fsp3) is 0.500. The highest BCUT2D eigenvalue weighted by Gasteiger charge is 2.62. The van der Waals surface area contributed by atoms with Crippen LogP contribution in [0.5, 0.6) is 0 Å². The molecule has 72 valence electrons. The van der Waals surface area contributed by atoms with Gasteiger partial charge in [-0.25, -0.2) is 0 Å². The van der Waals surface area contributed by atoms with Gasteiger partial charge in [-0.15, -0.1) is 0 Å². The number of hydrogen-bond donors (Lipinski definition) is 1. The van der Waals surface area contributed by atoms with Crippen LogP contribution in [0.1, 0.15) is 0 Å². The molecule has 1 nitrogen and oxygen atoms in total. The van der Waals surface area contributed by atoms with Gasteiger partial charge in [0.15, 0.2) is 0 Å². The van der Waals surface area contributed by atoms with E-state index in [0.29, 0.717) is 0 Å². The van der Waals surface area contributed by atoms with E-state index in [1.54, 1.807) is 0 Å². The zero-order valence-electron chi connectivity index (χ0n) is 5.09. The lowest BCUT2D eigenvalue weighted by Gasteiger charge is -2.16. The number of hydrogen-bond acceptors (Lipinski definition) is 1. The Kier molecular flexibility index (Phi) is 2.61. The molecule has 0 atom stereocenters. The predicted octanol–water partition coefficient (Wildman–Crippen LogP) is 2.85. The molecule has 0 fully saturated rings. The van der Waals surface area contributed by atoms with Gasteiger partial charge in [0.05, 0.1) is 0 Å². The molecule has 8 heteroatoms. The summed E-state index contributed by atoms with van der Waals surface area (Å²) in [5, 5.41) is 7.38. The predicted molar refractivity (Wildman–Crippen MR) is 22.9 cm³/mol. The van der Waals surface area contributed by atoms with Crippen LogP contribution in [0.4, 0.5) is 30.7 Å². The van der Waals surface area contributed by atoms with E-state index in [1.807, 2.05) is 0 Å². The Hall–Kier alpha value is -0.950. The third-order valence-electron chi connectivity index (χ3n) is 0.813. The summed E-state index contributed by atoms with van der Waals surface area (Å²) in [7, 11) is 0. The zero-order valence-corrected chi connectivity index (χ0v) is 5.09. The molecule has 0 aliphatic carbocycles. The molecule has 0 rings (SSSR count). The highest BCUT2D eigenvalue weighted by Crippen LogP contribution is 2.42. The summed E-state index contributed by atoms with van der Waals surface area (Å²) >= 11 is 0. The molecule has 0 amide bonds. The Morgan fingerprint density at radius 2 is 1.25 bits per heavy atom. The van der Waals surface area contributed by atoms with Crippen LogP contribution in [0.25, 0.3) is 0 Å². The topological polar surface area (TPSA) is 20.2 Å².